The number of nitrogens with zero attached hydrogens (tertiary/aromatic N) is 2. The molecule has 0 bridgehead atoms. The molecule has 0 aliphatic carbocycles. The molecule has 0 amide bonds. The van der Waals surface area contributed by atoms with Crippen molar-refractivity contribution in [2.75, 3.05) is 26.7 Å². The molecule has 0 aromatic rings. The number of nitrogens with one attached hydrogen (secondary N) is 1. The lowest BCUT2D eigenvalue weighted by Crippen LogP contribution is -2.41. The molecule has 1 heterocycles. The van der Waals surface area contributed by atoms with Gasteiger partial charge in [0.15, 0.2) is 0 Å². The molecule has 1 N–H and O–H groups in total. The molecule has 0 radical (unpaired) electrons. The monoisotopic (exact) mass is 237 g/mol. The van der Waals surface area contributed by atoms with E-state index in [1.807, 2.05) is 7.05 Å². The van der Waals surface area contributed by atoms with Gasteiger partial charge in [0.05, 0.1) is 6.07 Å². The fraction of sp³-hybridized carbons (Fsp3) is 0.929. The third kappa shape index (κ3) is 3.97. The minimum atomic E-state index is -0.310. The highest BCUT2D eigenvalue weighted by Crippen LogP contribution is 2.29. The summed E-state index contributed by atoms with van der Waals surface area (Å²) in [5.74, 6) is 0. The zero-order valence-electron chi connectivity index (χ0n) is 11.8. The first-order valence-electron chi connectivity index (χ1n) is 6.79. The van der Waals surface area contributed by atoms with Crippen molar-refractivity contribution >= 4 is 0 Å². The number of hydrogen-bond donors (Lipinski definition) is 1. The van der Waals surface area contributed by atoms with Gasteiger partial charge in [0.25, 0.3) is 0 Å². The molecule has 1 aliphatic heterocycles. The van der Waals surface area contributed by atoms with Crippen molar-refractivity contribution in [2.45, 2.75) is 52.0 Å². The van der Waals surface area contributed by atoms with Crippen LogP contribution in [0.25, 0.3) is 0 Å². The number of hydrogen-bond acceptors (Lipinski definition) is 3. The Morgan fingerprint density at radius 2 is 2.18 bits per heavy atom. The summed E-state index contributed by atoms with van der Waals surface area (Å²) in [6.07, 6.45) is 4.24. The first-order valence-corrected chi connectivity index (χ1v) is 6.79. The van der Waals surface area contributed by atoms with Crippen LogP contribution in [0.1, 0.15) is 46.5 Å². The van der Waals surface area contributed by atoms with Gasteiger partial charge in [0.1, 0.15) is 5.54 Å². The molecule has 1 aliphatic rings. The first kappa shape index (κ1) is 14.5. The SMILES string of the molecule is CCC(C#N)(CCCN1CCC(C)(C)C1)NC. The third-order valence-corrected chi connectivity index (χ3v) is 4.13. The van der Waals surface area contributed by atoms with Crippen molar-refractivity contribution < 1.29 is 0 Å². The Balaban J connectivity index is 2.31. The van der Waals surface area contributed by atoms with Crippen LogP contribution in [-0.4, -0.2) is 37.1 Å². The average molecular weight is 237 g/mol. The van der Waals surface area contributed by atoms with Gasteiger partial charge in [0, 0.05) is 6.54 Å². The Morgan fingerprint density at radius 3 is 2.59 bits per heavy atom. The highest BCUT2D eigenvalue weighted by atomic mass is 15.1. The normalized spacial score (nSPS) is 23.2. The van der Waals surface area contributed by atoms with Gasteiger partial charge in [-0.1, -0.05) is 20.8 Å². The summed E-state index contributed by atoms with van der Waals surface area (Å²) in [6.45, 7) is 10.3. The van der Waals surface area contributed by atoms with Gasteiger partial charge in [-0.05, 0) is 51.2 Å². The largest absolute Gasteiger partial charge is 0.303 e. The lowest BCUT2D eigenvalue weighted by molar-refractivity contribution is 0.271. The predicted molar refractivity (Wildman–Crippen MR) is 71.8 cm³/mol. The molecule has 3 nitrogen and oxygen atoms in total. The van der Waals surface area contributed by atoms with Gasteiger partial charge in [-0.3, -0.25) is 0 Å². The van der Waals surface area contributed by atoms with Crippen molar-refractivity contribution in [3.63, 3.8) is 0 Å². The maximum atomic E-state index is 9.23. The lowest BCUT2D eigenvalue weighted by Gasteiger charge is -2.26. The summed E-state index contributed by atoms with van der Waals surface area (Å²) in [6, 6.07) is 2.43. The molecule has 0 spiro atoms. The van der Waals surface area contributed by atoms with E-state index >= 15 is 0 Å². The second-order valence-corrected chi connectivity index (χ2v) is 6.09. The van der Waals surface area contributed by atoms with E-state index in [1.54, 1.807) is 0 Å². The molecule has 1 atom stereocenters. The smallest absolute Gasteiger partial charge is 0.106 e. The van der Waals surface area contributed by atoms with Gasteiger partial charge in [-0.15, -0.1) is 0 Å². The molecule has 0 aromatic heterocycles. The maximum Gasteiger partial charge on any atom is 0.106 e. The van der Waals surface area contributed by atoms with Crippen LogP contribution in [0.5, 0.6) is 0 Å². The van der Waals surface area contributed by atoms with Crippen molar-refractivity contribution in [2.24, 2.45) is 5.41 Å². The van der Waals surface area contributed by atoms with Crippen LogP contribution in [0, 0.1) is 16.7 Å². The van der Waals surface area contributed by atoms with Gasteiger partial charge >= 0.3 is 0 Å². The fourth-order valence-corrected chi connectivity index (χ4v) is 2.69. The van der Waals surface area contributed by atoms with Crippen LogP contribution in [-0.2, 0) is 0 Å². The highest BCUT2D eigenvalue weighted by Gasteiger charge is 2.30. The van der Waals surface area contributed by atoms with Gasteiger partial charge in [0.2, 0.25) is 0 Å². The van der Waals surface area contributed by atoms with Crippen LogP contribution >= 0.6 is 0 Å². The Bertz CT molecular complexity index is 274. The van der Waals surface area contributed by atoms with Crippen molar-refractivity contribution in [1.82, 2.24) is 10.2 Å². The Hall–Kier alpha value is -0.590. The topological polar surface area (TPSA) is 39.1 Å². The number of rotatable bonds is 6. The molecule has 1 saturated heterocycles. The van der Waals surface area contributed by atoms with E-state index in [2.05, 4.69) is 37.1 Å². The average Bonchev–Trinajstić information content (AvgIpc) is 2.65. The zero-order valence-corrected chi connectivity index (χ0v) is 11.8. The van der Waals surface area contributed by atoms with E-state index in [4.69, 9.17) is 0 Å². The number of likely N-dealkylation sites (tertiary alicyclic amines) is 1. The second-order valence-electron chi connectivity index (χ2n) is 6.09. The van der Waals surface area contributed by atoms with Crippen LogP contribution < -0.4 is 5.32 Å². The summed E-state index contributed by atoms with van der Waals surface area (Å²) in [7, 11) is 1.89. The van der Waals surface area contributed by atoms with Gasteiger partial charge in [-0.2, -0.15) is 5.26 Å². The van der Waals surface area contributed by atoms with Crippen LogP contribution in [0.15, 0.2) is 0 Å². The minimum absolute atomic E-state index is 0.310. The van der Waals surface area contributed by atoms with Crippen LogP contribution in [0.4, 0.5) is 0 Å². The molecule has 17 heavy (non-hydrogen) atoms. The quantitative estimate of drug-likeness (QED) is 0.771. The first-order chi connectivity index (χ1) is 7.97. The molecule has 1 rings (SSSR count). The molecular weight excluding hydrogens is 210 g/mol. The Morgan fingerprint density at radius 1 is 1.47 bits per heavy atom. The Labute approximate surface area is 106 Å². The predicted octanol–water partition coefficient (Wildman–Crippen LogP) is 2.39. The fourth-order valence-electron chi connectivity index (χ4n) is 2.69. The van der Waals surface area contributed by atoms with E-state index in [9.17, 15) is 5.26 Å². The van der Waals surface area contributed by atoms with Crippen molar-refractivity contribution in [3.8, 4) is 6.07 Å². The van der Waals surface area contributed by atoms with E-state index in [1.165, 1.54) is 19.5 Å². The van der Waals surface area contributed by atoms with Crippen LogP contribution in [0.3, 0.4) is 0 Å². The molecular formula is C14H27N3. The second kappa shape index (κ2) is 5.84. The van der Waals surface area contributed by atoms with E-state index in [0.717, 1.165) is 25.8 Å². The highest BCUT2D eigenvalue weighted by molar-refractivity contribution is 5.05. The van der Waals surface area contributed by atoms with Crippen molar-refractivity contribution in [3.05, 3.63) is 0 Å². The summed E-state index contributed by atoms with van der Waals surface area (Å²) >= 11 is 0. The summed E-state index contributed by atoms with van der Waals surface area (Å²) in [4.78, 5) is 2.54. The molecule has 0 aromatic carbocycles. The molecule has 0 saturated carbocycles. The van der Waals surface area contributed by atoms with Gasteiger partial charge in [-0.25, -0.2) is 0 Å². The van der Waals surface area contributed by atoms with Gasteiger partial charge < -0.3 is 10.2 Å². The molecule has 1 fully saturated rings. The molecule has 1 unspecified atom stereocenters. The summed E-state index contributed by atoms with van der Waals surface area (Å²) in [5, 5.41) is 12.4. The number of nitriles is 1. The standard InChI is InChI=1S/C14H27N3/c1-5-14(11-15,16-4)7-6-9-17-10-8-13(2,3)12-17/h16H,5-10,12H2,1-4H3. The lowest BCUT2D eigenvalue weighted by atomic mass is 9.92. The van der Waals surface area contributed by atoms with E-state index in [-0.39, 0.29) is 5.54 Å². The molecule has 3 heteroatoms. The summed E-state index contributed by atoms with van der Waals surface area (Å²) in [5.41, 5.74) is 0.176. The van der Waals surface area contributed by atoms with E-state index < -0.39 is 0 Å². The van der Waals surface area contributed by atoms with Crippen LogP contribution in [0.2, 0.25) is 0 Å². The molecule has 98 valence electrons. The van der Waals surface area contributed by atoms with Crippen molar-refractivity contribution in [1.29, 1.82) is 5.26 Å². The third-order valence-electron chi connectivity index (χ3n) is 4.13. The Kier molecular flexibility index (Phi) is 4.97. The summed E-state index contributed by atoms with van der Waals surface area (Å²) < 4.78 is 0. The maximum absolute atomic E-state index is 9.23. The minimum Gasteiger partial charge on any atom is -0.303 e. The van der Waals surface area contributed by atoms with E-state index in [0.29, 0.717) is 5.41 Å². The zero-order chi connectivity index (χ0) is 12.9.